The van der Waals surface area contributed by atoms with Gasteiger partial charge in [-0.05, 0) is 48.2 Å². The molecular weight excluding hydrogens is 694 g/mol. The molecule has 5 aliphatic rings. The molecule has 4 aromatic rings. The Kier molecular flexibility index (Phi) is 9.48. The van der Waals surface area contributed by atoms with Gasteiger partial charge in [-0.25, -0.2) is 9.97 Å². The van der Waals surface area contributed by atoms with Crippen molar-refractivity contribution in [3.8, 4) is 12.1 Å². The summed E-state index contributed by atoms with van der Waals surface area (Å²) in [5, 5.41) is 28.3. The maximum atomic E-state index is 12.7. The molecule has 0 unspecified atom stereocenters. The number of carbonyl (C=O) groups excluding carboxylic acids is 2. The van der Waals surface area contributed by atoms with Gasteiger partial charge in [0.2, 0.25) is 0 Å². The molecule has 0 aromatic carbocycles. The van der Waals surface area contributed by atoms with Crippen LogP contribution in [0.15, 0.2) is 72.6 Å². The number of anilines is 1. The van der Waals surface area contributed by atoms with E-state index in [1.54, 1.807) is 30.9 Å². The van der Waals surface area contributed by atoms with E-state index in [0.29, 0.717) is 30.6 Å². The monoisotopic (exact) mass is 729 g/mol. The highest BCUT2D eigenvalue weighted by atomic mass is 35.5. The minimum atomic E-state index is -0.160. The number of Topliss-reactive ketones (excluding diaryl/α,β-unsaturated/α-hetero) is 2. The highest BCUT2D eigenvalue weighted by Gasteiger charge is 2.36. The molecule has 2 atom stereocenters. The van der Waals surface area contributed by atoms with Gasteiger partial charge in [0.25, 0.3) is 0 Å². The van der Waals surface area contributed by atoms with Gasteiger partial charge in [-0.15, -0.1) is 0 Å². The Morgan fingerprint density at radius 1 is 0.717 bits per heavy atom. The van der Waals surface area contributed by atoms with Crippen LogP contribution < -0.4 is 4.90 Å². The lowest BCUT2D eigenvalue weighted by atomic mass is 9.89. The Bertz CT molecular complexity index is 2190. The molecule has 0 spiro atoms. The number of morpholine rings is 1. The van der Waals surface area contributed by atoms with E-state index in [1.165, 1.54) is 0 Å². The predicted molar refractivity (Wildman–Crippen MR) is 194 cm³/mol. The first kappa shape index (κ1) is 34.3. The molecule has 3 aliphatic heterocycles. The maximum absolute atomic E-state index is 12.7. The number of carbonyl (C=O) groups is 2. The summed E-state index contributed by atoms with van der Waals surface area (Å²) in [5.41, 5.74) is 5.42. The molecular formula is C38H36ClN11O3. The van der Waals surface area contributed by atoms with Crippen molar-refractivity contribution in [1.29, 1.82) is 10.5 Å². The predicted octanol–water partition coefficient (Wildman–Crippen LogP) is 3.66. The number of likely N-dealkylation sites (tertiary alicyclic amines) is 2. The van der Waals surface area contributed by atoms with Gasteiger partial charge in [0, 0.05) is 100 Å². The van der Waals surface area contributed by atoms with Gasteiger partial charge >= 0.3 is 0 Å². The lowest BCUT2D eigenvalue weighted by molar-refractivity contribution is -0.115. The molecule has 9 rings (SSSR count). The van der Waals surface area contributed by atoms with E-state index in [4.69, 9.17) is 16.3 Å². The number of ether oxygens (including phenoxy) is 1. The average molecular weight is 730 g/mol. The van der Waals surface area contributed by atoms with E-state index in [-0.39, 0.29) is 47.6 Å². The first-order valence-electron chi connectivity index (χ1n) is 17.7. The Balaban J connectivity index is 0.000000154. The Hall–Kier alpha value is -5.83. The van der Waals surface area contributed by atoms with Crippen LogP contribution >= 0.6 is 11.6 Å². The Morgan fingerprint density at radius 2 is 1.25 bits per heavy atom. The van der Waals surface area contributed by atoms with Gasteiger partial charge in [-0.2, -0.15) is 20.7 Å². The molecule has 0 amide bonds. The summed E-state index contributed by atoms with van der Waals surface area (Å²) < 4.78 is 9.34. The van der Waals surface area contributed by atoms with Gasteiger partial charge in [-0.1, -0.05) is 11.6 Å². The minimum Gasteiger partial charge on any atom is -0.378 e. The number of hydrogen-bond donors (Lipinski definition) is 0. The van der Waals surface area contributed by atoms with E-state index in [9.17, 15) is 20.1 Å². The van der Waals surface area contributed by atoms with Crippen molar-refractivity contribution in [2.24, 2.45) is 0 Å². The van der Waals surface area contributed by atoms with Crippen molar-refractivity contribution >= 4 is 40.4 Å². The van der Waals surface area contributed by atoms with E-state index in [0.717, 1.165) is 79.3 Å². The van der Waals surface area contributed by atoms with Crippen molar-refractivity contribution in [1.82, 2.24) is 39.3 Å². The lowest BCUT2D eigenvalue weighted by Gasteiger charge is -2.31. The number of aromatic nitrogens is 6. The largest absolute Gasteiger partial charge is 0.378 e. The van der Waals surface area contributed by atoms with Gasteiger partial charge in [0.15, 0.2) is 11.6 Å². The molecule has 14 nitrogen and oxygen atoms in total. The normalized spacial score (nSPS) is 21.2. The standard InChI is InChI=1S/C21H22N6O2.C17H14ClN5O/c22-12-18-19(28)10-15-13-23-20(25-6-8-29-9-7-25)11-17(15)21(18)26-5-2-16(14-26)27-4-1-3-24-27;18-16-7-13-11(9-20-16)6-15(24)14(8-19)17(13)22-5-2-12(10-22)23-4-1-3-21-23/h1,3-4,11,13,16H,2,5-10,14H2;1,3-4,7,9,12H,2,5-6,10H2/t16-;12-/m11/s1. The molecule has 2 aliphatic carbocycles. The van der Waals surface area contributed by atoms with E-state index < -0.39 is 0 Å². The molecule has 53 heavy (non-hydrogen) atoms. The van der Waals surface area contributed by atoms with Crippen molar-refractivity contribution < 1.29 is 14.3 Å². The van der Waals surface area contributed by atoms with Crippen LogP contribution in [0.5, 0.6) is 0 Å². The number of nitrogens with zero attached hydrogens (tertiary/aromatic N) is 11. The fourth-order valence-electron chi connectivity index (χ4n) is 7.88. The van der Waals surface area contributed by atoms with E-state index >= 15 is 0 Å². The van der Waals surface area contributed by atoms with Crippen LogP contribution in [0.4, 0.5) is 5.82 Å². The highest BCUT2D eigenvalue weighted by Crippen LogP contribution is 2.39. The topological polar surface area (TPSA) is 162 Å². The smallest absolute Gasteiger partial charge is 0.179 e. The molecule has 268 valence electrons. The zero-order valence-corrected chi connectivity index (χ0v) is 29.7. The zero-order chi connectivity index (χ0) is 36.5. The zero-order valence-electron chi connectivity index (χ0n) is 28.9. The van der Waals surface area contributed by atoms with Crippen molar-refractivity contribution in [2.45, 2.75) is 37.8 Å². The first-order valence-corrected chi connectivity index (χ1v) is 18.1. The summed E-state index contributed by atoms with van der Waals surface area (Å²) >= 11 is 6.05. The third kappa shape index (κ3) is 6.67. The molecule has 0 saturated carbocycles. The number of pyridine rings is 2. The van der Waals surface area contributed by atoms with Gasteiger partial charge < -0.3 is 19.4 Å². The summed E-state index contributed by atoms with van der Waals surface area (Å²) in [6.45, 7) is 5.92. The second-order valence-electron chi connectivity index (χ2n) is 13.6. The minimum absolute atomic E-state index is 0.126. The summed E-state index contributed by atoms with van der Waals surface area (Å²) in [6.07, 6.45) is 13.1. The second kappa shape index (κ2) is 14.7. The van der Waals surface area contributed by atoms with Crippen LogP contribution in [0, 0.1) is 22.7 Å². The number of hydrogen-bond acceptors (Lipinski definition) is 12. The Morgan fingerprint density at radius 3 is 1.75 bits per heavy atom. The van der Waals surface area contributed by atoms with Crippen LogP contribution in [0.2, 0.25) is 5.15 Å². The summed E-state index contributed by atoms with van der Waals surface area (Å²) in [4.78, 5) is 40.2. The van der Waals surface area contributed by atoms with Crippen LogP contribution in [-0.4, -0.2) is 103 Å². The number of halogens is 1. The Labute approximate surface area is 311 Å². The summed E-state index contributed by atoms with van der Waals surface area (Å²) in [5.74, 6) is 0.587. The van der Waals surface area contributed by atoms with Crippen LogP contribution in [-0.2, 0) is 27.2 Å². The number of nitriles is 2. The average Bonchev–Trinajstić information content (AvgIpc) is 4.02. The van der Waals surface area contributed by atoms with E-state index in [1.807, 2.05) is 40.0 Å². The molecule has 3 fully saturated rings. The van der Waals surface area contributed by atoms with Gasteiger partial charge in [0.1, 0.15) is 34.3 Å². The fraction of sp³-hybridized carbons (Fsp3) is 0.368. The molecule has 15 heteroatoms. The molecule has 3 saturated heterocycles. The third-order valence-electron chi connectivity index (χ3n) is 10.5. The SMILES string of the molecule is N#CC1=C(N2CC[C@@H](n3cccn3)C2)c2cc(Cl)ncc2CC1=O.N#CC1=C(N2CC[C@@H](n3cccn3)C2)c2cc(N3CCOCC3)ncc2CC1=O. The second-order valence-corrected chi connectivity index (χ2v) is 14.0. The molecule has 4 aromatic heterocycles. The van der Waals surface area contributed by atoms with Crippen molar-refractivity contribution in [3.05, 3.63) is 100.0 Å². The first-order chi connectivity index (χ1) is 25.9. The summed E-state index contributed by atoms with van der Waals surface area (Å²) in [7, 11) is 0. The lowest BCUT2D eigenvalue weighted by Crippen LogP contribution is -2.37. The van der Waals surface area contributed by atoms with Gasteiger partial charge in [0.05, 0.1) is 36.7 Å². The number of fused-ring (bicyclic) bond motifs is 2. The van der Waals surface area contributed by atoms with Crippen molar-refractivity contribution in [3.63, 3.8) is 0 Å². The quantitative estimate of drug-likeness (QED) is 0.275. The van der Waals surface area contributed by atoms with Gasteiger partial charge in [-0.3, -0.25) is 19.0 Å². The molecule has 0 radical (unpaired) electrons. The van der Waals surface area contributed by atoms with Crippen LogP contribution in [0.3, 0.4) is 0 Å². The van der Waals surface area contributed by atoms with Crippen LogP contribution in [0.25, 0.3) is 11.4 Å². The number of allylic oxidation sites excluding steroid dienone is 2. The highest BCUT2D eigenvalue weighted by molar-refractivity contribution is 6.29. The third-order valence-corrected chi connectivity index (χ3v) is 10.7. The number of rotatable bonds is 5. The van der Waals surface area contributed by atoms with E-state index in [2.05, 4.69) is 47.0 Å². The maximum Gasteiger partial charge on any atom is 0.179 e. The molecule has 0 N–H and O–H groups in total. The number of ketones is 2. The molecule has 7 heterocycles. The van der Waals surface area contributed by atoms with Crippen LogP contribution in [0.1, 0.15) is 47.2 Å². The van der Waals surface area contributed by atoms with Crippen molar-refractivity contribution in [2.75, 3.05) is 57.4 Å². The molecule has 0 bridgehead atoms. The summed E-state index contributed by atoms with van der Waals surface area (Å²) in [6, 6.07) is 12.3. The fourth-order valence-corrected chi connectivity index (χ4v) is 8.04.